The molecule has 0 amide bonds. The first-order valence-electron chi connectivity index (χ1n) is 6.61. The molecule has 2 aromatic rings. The summed E-state index contributed by atoms with van der Waals surface area (Å²) in [4.78, 5) is 4.23. The smallest absolute Gasteiger partial charge is 0.159 e. The fourth-order valence-corrected chi connectivity index (χ4v) is 2.58. The summed E-state index contributed by atoms with van der Waals surface area (Å²) in [6, 6.07) is 8.57. The highest BCUT2D eigenvalue weighted by molar-refractivity contribution is 5.85. The maximum atomic E-state index is 5.54. The molecule has 0 bridgehead atoms. The van der Waals surface area contributed by atoms with E-state index in [-0.39, 0.29) is 12.3 Å². The molecule has 1 aliphatic heterocycles. The van der Waals surface area contributed by atoms with Crippen molar-refractivity contribution < 1.29 is 9.47 Å². The Morgan fingerprint density at radius 2 is 2.16 bits per heavy atom. The number of nitrogens with one attached hydrogen (secondary N) is 1. The average Bonchev–Trinajstić information content (AvgIpc) is 2.97. The number of hydrogen-bond acceptors (Lipinski definition) is 4. The quantitative estimate of drug-likeness (QED) is 0.913. The van der Waals surface area contributed by atoms with Crippen molar-refractivity contribution in [1.29, 1.82) is 0 Å². The molecule has 2 heterocycles. The molecule has 1 aromatic carbocycles. The van der Waals surface area contributed by atoms with E-state index in [4.69, 9.17) is 9.47 Å². The molecular formula is C15H18N2O2. The number of fused-ring (bicyclic) bond motifs is 1. The van der Waals surface area contributed by atoms with Gasteiger partial charge in [-0.05, 0) is 24.1 Å². The Morgan fingerprint density at radius 1 is 1.32 bits per heavy atom. The van der Waals surface area contributed by atoms with Gasteiger partial charge in [-0.15, -0.1) is 0 Å². The maximum Gasteiger partial charge on any atom is 0.159 e. The van der Waals surface area contributed by atoms with Crippen LogP contribution in [0.15, 0.2) is 36.7 Å². The monoisotopic (exact) mass is 258 g/mol. The van der Waals surface area contributed by atoms with E-state index < -0.39 is 0 Å². The number of ether oxygens (including phenoxy) is 2. The molecule has 1 fully saturated rings. The van der Waals surface area contributed by atoms with Crippen molar-refractivity contribution in [2.24, 2.45) is 0 Å². The lowest BCUT2D eigenvalue weighted by Gasteiger charge is -2.21. The fourth-order valence-electron chi connectivity index (χ4n) is 2.58. The number of nitrogens with zero attached hydrogens (tertiary/aromatic N) is 1. The lowest BCUT2D eigenvalue weighted by molar-refractivity contribution is -0.0525. The van der Waals surface area contributed by atoms with Gasteiger partial charge >= 0.3 is 0 Å². The normalized spacial score (nSPS) is 17.9. The summed E-state index contributed by atoms with van der Waals surface area (Å²) in [5.74, 6) is 0. The summed E-state index contributed by atoms with van der Waals surface area (Å²) in [5.41, 5.74) is 1.24. The lowest BCUT2D eigenvalue weighted by atomic mass is 9.98. The van der Waals surface area contributed by atoms with Gasteiger partial charge in [0.25, 0.3) is 0 Å². The van der Waals surface area contributed by atoms with Crippen molar-refractivity contribution in [3.05, 3.63) is 42.2 Å². The second kappa shape index (κ2) is 5.65. The van der Waals surface area contributed by atoms with Crippen LogP contribution in [-0.2, 0) is 9.47 Å². The highest BCUT2D eigenvalue weighted by atomic mass is 16.7. The minimum Gasteiger partial charge on any atom is -0.350 e. The summed E-state index contributed by atoms with van der Waals surface area (Å²) < 4.78 is 11.1. The number of aromatic nitrogens is 1. The van der Waals surface area contributed by atoms with E-state index in [1.165, 1.54) is 16.3 Å². The number of pyridine rings is 1. The molecule has 100 valence electrons. The third-order valence-corrected chi connectivity index (χ3v) is 3.56. The molecule has 1 unspecified atom stereocenters. The molecule has 0 aliphatic carbocycles. The van der Waals surface area contributed by atoms with E-state index in [1.54, 1.807) is 0 Å². The second-order valence-electron chi connectivity index (χ2n) is 4.69. The molecule has 1 saturated heterocycles. The van der Waals surface area contributed by atoms with Crippen LogP contribution in [0, 0.1) is 0 Å². The van der Waals surface area contributed by atoms with Crippen molar-refractivity contribution in [2.75, 3.05) is 20.3 Å². The van der Waals surface area contributed by atoms with E-state index in [1.807, 2.05) is 25.5 Å². The van der Waals surface area contributed by atoms with Gasteiger partial charge in [0.2, 0.25) is 0 Å². The van der Waals surface area contributed by atoms with Crippen molar-refractivity contribution in [3.63, 3.8) is 0 Å². The predicted octanol–water partition coefficient (Wildman–Crippen LogP) is 2.26. The van der Waals surface area contributed by atoms with Crippen LogP contribution in [-0.4, -0.2) is 31.5 Å². The van der Waals surface area contributed by atoms with Gasteiger partial charge in [-0.25, -0.2) is 0 Å². The molecule has 1 N–H and O–H groups in total. The van der Waals surface area contributed by atoms with E-state index >= 15 is 0 Å². The molecule has 0 radical (unpaired) electrons. The Balaban J connectivity index is 1.91. The summed E-state index contributed by atoms with van der Waals surface area (Å²) in [7, 11) is 1.97. The van der Waals surface area contributed by atoms with Crippen LogP contribution in [0.2, 0.25) is 0 Å². The van der Waals surface area contributed by atoms with Crippen LogP contribution in [0.25, 0.3) is 10.8 Å². The van der Waals surface area contributed by atoms with Gasteiger partial charge in [0, 0.05) is 30.2 Å². The van der Waals surface area contributed by atoms with Crippen LogP contribution in [0.5, 0.6) is 0 Å². The van der Waals surface area contributed by atoms with Crippen molar-refractivity contribution in [3.8, 4) is 0 Å². The van der Waals surface area contributed by atoms with Gasteiger partial charge in [0.05, 0.1) is 13.2 Å². The Bertz CT molecular complexity index is 547. The Labute approximate surface area is 112 Å². The van der Waals surface area contributed by atoms with Gasteiger partial charge < -0.3 is 14.8 Å². The van der Waals surface area contributed by atoms with Crippen LogP contribution in [0.4, 0.5) is 0 Å². The highest BCUT2D eigenvalue weighted by Gasteiger charge is 2.22. The lowest BCUT2D eigenvalue weighted by Crippen LogP contribution is -2.23. The summed E-state index contributed by atoms with van der Waals surface area (Å²) in [6.45, 7) is 1.39. The minimum atomic E-state index is -0.107. The van der Waals surface area contributed by atoms with Gasteiger partial charge in [-0.1, -0.05) is 18.2 Å². The first-order chi connectivity index (χ1) is 9.38. The van der Waals surface area contributed by atoms with E-state index in [0.29, 0.717) is 13.2 Å². The predicted molar refractivity (Wildman–Crippen MR) is 73.9 cm³/mol. The zero-order chi connectivity index (χ0) is 13.1. The van der Waals surface area contributed by atoms with Gasteiger partial charge in [0.15, 0.2) is 6.29 Å². The van der Waals surface area contributed by atoms with Crippen LogP contribution in [0.3, 0.4) is 0 Å². The average molecular weight is 258 g/mol. The largest absolute Gasteiger partial charge is 0.350 e. The van der Waals surface area contributed by atoms with E-state index in [9.17, 15) is 0 Å². The Kier molecular flexibility index (Phi) is 3.73. The fraction of sp³-hybridized carbons (Fsp3) is 0.400. The highest BCUT2D eigenvalue weighted by Crippen LogP contribution is 2.28. The summed E-state index contributed by atoms with van der Waals surface area (Å²) >= 11 is 0. The second-order valence-corrected chi connectivity index (χ2v) is 4.69. The summed E-state index contributed by atoms with van der Waals surface area (Å²) in [5, 5.41) is 5.74. The molecule has 4 heteroatoms. The van der Waals surface area contributed by atoms with E-state index in [2.05, 4.69) is 28.5 Å². The Hall–Kier alpha value is -1.49. The standard InChI is InChI=1S/C15H18N2O2/c1-16-14(9-15-18-7-8-19-15)12-4-2-3-11-5-6-17-10-13(11)12/h2-6,10,14-16H,7-9H2,1H3. The third kappa shape index (κ3) is 2.61. The van der Waals surface area contributed by atoms with E-state index in [0.717, 1.165) is 6.42 Å². The number of hydrogen-bond donors (Lipinski definition) is 1. The van der Waals surface area contributed by atoms with Crippen LogP contribution < -0.4 is 5.32 Å². The molecule has 1 aromatic heterocycles. The zero-order valence-electron chi connectivity index (χ0n) is 11.0. The van der Waals surface area contributed by atoms with Crippen LogP contribution >= 0.6 is 0 Å². The first-order valence-corrected chi connectivity index (χ1v) is 6.61. The minimum absolute atomic E-state index is 0.107. The topological polar surface area (TPSA) is 43.4 Å². The molecule has 1 aliphatic rings. The molecule has 4 nitrogen and oxygen atoms in total. The molecule has 1 atom stereocenters. The molecule has 3 rings (SSSR count). The maximum absolute atomic E-state index is 5.54. The van der Waals surface area contributed by atoms with Gasteiger partial charge in [-0.3, -0.25) is 4.98 Å². The van der Waals surface area contributed by atoms with Crippen molar-refractivity contribution in [1.82, 2.24) is 10.3 Å². The third-order valence-electron chi connectivity index (χ3n) is 3.56. The van der Waals surface area contributed by atoms with Crippen molar-refractivity contribution >= 4 is 10.8 Å². The van der Waals surface area contributed by atoms with Crippen LogP contribution in [0.1, 0.15) is 18.0 Å². The molecular weight excluding hydrogens is 240 g/mol. The Morgan fingerprint density at radius 3 is 2.95 bits per heavy atom. The van der Waals surface area contributed by atoms with Gasteiger partial charge in [-0.2, -0.15) is 0 Å². The van der Waals surface area contributed by atoms with Gasteiger partial charge in [0.1, 0.15) is 0 Å². The summed E-state index contributed by atoms with van der Waals surface area (Å²) in [6.07, 6.45) is 4.45. The molecule has 0 saturated carbocycles. The first kappa shape index (κ1) is 12.5. The zero-order valence-corrected chi connectivity index (χ0v) is 11.0. The number of benzene rings is 1. The molecule has 0 spiro atoms. The molecule has 19 heavy (non-hydrogen) atoms. The number of rotatable bonds is 4. The van der Waals surface area contributed by atoms with Crippen molar-refractivity contribution in [2.45, 2.75) is 18.8 Å². The SMILES string of the molecule is CNC(CC1OCCO1)c1cccc2ccncc12.